The van der Waals surface area contributed by atoms with Crippen LogP contribution >= 0.6 is 11.6 Å². The Morgan fingerprint density at radius 3 is 2.55 bits per heavy atom. The molecule has 40 heavy (non-hydrogen) atoms. The minimum absolute atomic E-state index is 0.155. The summed E-state index contributed by atoms with van der Waals surface area (Å²) >= 11 is 6.19. The summed E-state index contributed by atoms with van der Waals surface area (Å²) in [4.78, 5) is 4.81. The summed E-state index contributed by atoms with van der Waals surface area (Å²) in [5, 5.41) is 16.8. The first-order valence-electron chi connectivity index (χ1n) is 12.8. The maximum absolute atomic E-state index is 14.5. The average Bonchev–Trinajstić information content (AvgIpc) is 2.90. The standard InChI is InChI=1S/C30H29ClF2N2O4S/c1-39-29-25(15-20-14-24(40(2,37)38)9-10-27(20)35-29)28(18-3-6-21(31)7-4-18)30(36)11-12-34-23(17-30)13-19-5-8-22(32)16-26(19)33/h3-10,14-16,23,28,34,36H,11-13,17H2,1-2H3. The number of fused-ring (bicyclic) bond motifs is 1. The van der Waals surface area contributed by atoms with Crippen LogP contribution in [0.25, 0.3) is 10.9 Å². The van der Waals surface area contributed by atoms with Gasteiger partial charge in [0.25, 0.3) is 0 Å². The number of rotatable bonds is 7. The van der Waals surface area contributed by atoms with Crippen LogP contribution in [0.5, 0.6) is 5.88 Å². The number of aromatic nitrogens is 1. The number of hydrogen-bond acceptors (Lipinski definition) is 6. The highest BCUT2D eigenvalue weighted by atomic mass is 35.5. The van der Waals surface area contributed by atoms with Crippen molar-refractivity contribution in [3.63, 3.8) is 0 Å². The molecular formula is C30H29ClF2N2O4S. The normalized spacial score (nSPS) is 20.4. The summed E-state index contributed by atoms with van der Waals surface area (Å²) in [6.45, 7) is 0.454. The molecule has 3 aromatic carbocycles. The molecule has 0 saturated carbocycles. The maximum atomic E-state index is 14.5. The number of nitrogens with one attached hydrogen (secondary N) is 1. The molecule has 5 rings (SSSR count). The highest BCUT2D eigenvalue weighted by molar-refractivity contribution is 7.90. The summed E-state index contributed by atoms with van der Waals surface area (Å²) in [6.07, 6.45) is 2.02. The van der Waals surface area contributed by atoms with E-state index in [1.165, 1.54) is 25.3 Å². The van der Waals surface area contributed by atoms with E-state index in [0.29, 0.717) is 45.9 Å². The summed E-state index contributed by atoms with van der Waals surface area (Å²) in [5.74, 6) is -1.62. The van der Waals surface area contributed by atoms with Crippen LogP contribution < -0.4 is 10.1 Å². The molecule has 3 atom stereocenters. The number of sulfone groups is 1. The highest BCUT2D eigenvalue weighted by Crippen LogP contribution is 2.45. The van der Waals surface area contributed by atoms with E-state index in [9.17, 15) is 22.3 Å². The zero-order chi connectivity index (χ0) is 28.7. The quantitative estimate of drug-likeness (QED) is 0.300. The van der Waals surface area contributed by atoms with Crippen molar-refractivity contribution in [3.8, 4) is 5.88 Å². The third-order valence-corrected chi connectivity index (χ3v) is 8.89. The Hall–Kier alpha value is -3.11. The molecule has 0 aliphatic carbocycles. The van der Waals surface area contributed by atoms with E-state index in [-0.39, 0.29) is 23.8 Å². The summed E-state index contributed by atoms with van der Waals surface area (Å²) in [6, 6.07) is 16.8. The topological polar surface area (TPSA) is 88.5 Å². The van der Waals surface area contributed by atoms with Gasteiger partial charge in [0.2, 0.25) is 5.88 Å². The van der Waals surface area contributed by atoms with Gasteiger partial charge in [-0.2, -0.15) is 0 Å². The van der Waals surface area contributed by atoms with Crippen molar-refractivity contribution in [2.75, 3.05) is 19.9 Å². The van der Waals surface area contributed by atoms with Crippen LogP contribution in [0.1, 0.15) is 35.4 Å². The number of ether oxygens (including phenoxy) is 1. The second-order valence-electron chi connectivity index (χ2n) is 10.3. The smallest absolute Gasteiger partial charge is 0.217 e. The van der Waals surface area contributed by atoms with Gasteiger partial charge in [0, 0.05) is 40.3 Å². The lowest BCUT2D eigenvalue weighted by atomic mass is 9.70. The third-order valence-electron chi connectivity index (χ3n) is 7.52. The van der Waals surface area contributed by atoms with Crippen molar-refractivity contribution in [2.24, 2.45) is 0 Å². The predicted octanol–water partition coefficient (Wildman–Crippen LogP) is 5.44. The van der Waals surface area contributed by atoms with Crippen molar-refractivity contribution >= 4 is 32.3 Å². The molecule has 0 radical (unpaired) electrons. The van der Waals surface area contributed by atoms with E-state index < -0.39 is 33.0 Å². The van der Waals surface area contributed by atoms with Crippen LogP contribution in [0.2, 0.25) is 5.02 Å². The lowest BCUT2D eigenvalue weighted by molar-refractivity contribution is -0.0191. The highest BCUT2D eigenvalue weighted by Gasteiger charge is 2.44. The van der Waals surface area contributed by atoms with Crippen LogP contribution in [-0.2, 0) is 16.3 Å². The van der Waals surface area contributed by atoms with Gasteiger partial charge in [0.1, 0.15) is 11.6 Å². The van der Waals surface area contributed by atoms with E-state index in [0.717, 1.165) is 17.9 Å². The van der Waals surface area contributed by atoms with E-state index in [1.54, 1.807) is 24.3 Å². The summed E-state index contributed by atoms with van der Waals surface area (Å²) < 4.78 is 58.1. The van der Waals surface area contributed by atoms with Gasteiger partial charge in [-0.3, -0.25) is 0 Å². The van der Waals surface area contributed by atoms with Crippen LogP contribution in [0.3, 0.4) is 0 Å². The van der Waals surface area contributed by atoms with Crippen molar-refractivity contribution in [2.45, 2.75) is 41.7 Å². The first kappa shape index (κ1) is 28.4. The molecule has 1 fully saturated rings. The van der Waals surface area contributed by atoms with Crippen molar-refractivity contribution in [1.82, 2.24) is 10.3 Å². The molecule has 6 nitrogen and oxygen atoms in total. The predicted molar refractivity (Wildman–Crippen MR) is 151 cm³/mol. The number of pyridine rings is 1. The lowest BCUT2D eigenvalue weighted by Gasteiger charge is -2.43. The number of halogens is 3. The molecule has 0 spiro atoms. The lowest BCUT2D eigenvalue weighted by Crippen LogP contribution is -2.52. The van der Waals surface area contributed by atoms with Gasteiger partial charge in [0.15, 0.2) is 9.84 Å². The van der Waals surface area contributed by atoms with Gasteiger partial charge in [-0.1, -0.05) is 29.8 Å². The number of nitrogens with zero attached hydrogens (tertiary/aromatic N) is 1. The molecule has 1 aliphatic heterocycles. The summed E-state index contributed by atoms with van der Waals surface area (Å²) in [5.41, 5.74) is 0.921. The Morgan fingerprint density at radius 1 is 1.12 bits per heavy atom. The molecule has 210 valence electrons. The van der Waals surface area contributed by atoms with E-state index in [4.69, 9.17) is 16.3 Å². The second kappa shape index (κ2) is 11.0. The molecule has 1 aliphatic rings. The first-order valence-corrected chi connectivity index (χ1v) is 15.1. The zero-order valence-electron chi connectivity index (χ0n) is 22.0. The first-order chi connectivity index (χ1) is 19.0. The van der Waals surface area contributed by atoms with E-state index in [2.05, 4.69) is 10.3 Å². The number of aliphatic hydroxyl groups is 1. The molecule has 1 aromatic heterocycles. The zero-order valence-corrected chi connectivity index (χ0v) is 23.6. The van der Waals surface area contributed by atoms with Crippen molar-refractivity contribution in [3.05, 3.63) is 100 Å². The molecule has 2 N–H and O–H groups in total. The number of methoxy groups -OCH3 is 1. The molecule has 0 amide bonds. The number of hydrogen-bond donors (Lipinski definition) is 2. The van der Waals surface area contributed by atoms with Crippen LogP contribution in [0.15, 0.2) is 71.6 Å². The Morgan fingerprint density at radius 2 is 1.88 bits per heavy atom. The maximum Gasteiger partial charge on any atom is 0.217 e. The molecule has 10 heteroatoms. The Labute approximate surface area is 236 Å². The molecule has 1 saturated heterocycles. The van der Waals surface area contributed by atoms with Gasteiger partial charge < -0.3 is 15.2 Å². The molecule has 0 bridgehead atoms. The fourth-order valence-electron chi connectivity index (χ4n) is 5.64. The number of piperidine rings is 1. The Kier molecular flexibility index (Phi) is 7.85. The van der Waals surface area contributed by atoms with Crippen LogP contribution in [0.4, 0.5) is 8.78 Å². The van der Waals surface area contributed by atoms with Gasteiger partial charge in [-0.15, -0.1) is 0 Å². The minimum Gasteiger partial charge on any atom is -0.481 e. The second-order valence-corrected chi connectivity index (χ2v) is 12.8. The number of benzene rings is 3. The molecule has 2 heterocycles. The fourth-order valence-corrected chi connectivity index (χ4v) is 6.42. The summed E-state index contributed by atoms with van der Waals surface area (Å²) in [7, 11) is -1.97. The molecule has 4 aromatic rings. The van der Waals surface area contributed by atoms with Crippen LogP contribution in [0, 0.1) is 11.6 Å². The van der Waals surface area contributed by atoms with Crippen molar-refractivity contribution < 1.29 is 27.0 Å². The molecular weight excluding hydrogens is 558 g/mol. The van der Waals surface area contributed by atoms with E-state index >= 15 is 0 Å². The monoisotopic (exact) mass is 586 g/mol. The fraction of sp³-hybridized carbons (Fsp3) is 0.300. The van der Waals surface area contributed by atoms with Crippen LogP contribution in [-0.4, -0.2) is 50.1 Å². The minimum atomic E-state index is -3.46. The van der Waals surface area contributed by atoms with Gasteiger partial charge in [0.05, 0.1) is 23.1 Å². The van der Waals surface area contributed by atoms with Gasteiger partial charge >= 0.3 is 0 Å². The van der Waals surface area contributed by atoms with Gasteiger partial charge in [-0.25, -0.2) is 22.2 Å². The van der Waals surface area contributed by atoms with Gasteiger partial charge in [-0.05, 0) is 79.4 Å². The van der Waals surface area contributed by atoms with E-state index in [1.807, 2.05) is 18.2 Å². The Balaban J connectivity index is 1.62. The Bertz CT molecular complexity index is 1670. The SMILES string of the molecule is COc1nc2ccc(S(C)(=O)=O)cc2cc1C(c1ccc(Cl)cc1)C1(O)CCNC(Cc2ccc(F)cc2F)C1. The van der Waals surface area contributed by atoms with Crippen molar-refractivity contribution in [1.29, 1.82) is 0 Å². The average molecular weight is 587 g/mol. The largest absolute Gasteiger partial charge is 0.481 e. The molecule has 3 unspecified atom stereocenters. The third kappa shape index (κ3) is 5.83.